The van der Waals surface area contributed by atoms with Crippen molar-refractivity contribution in [3.8, 4) is 0 Å². The molecule has 1 heterocycles. The summed E-state index contributed by atoms with van der Waals surface area (Å²) in [7, 11) is 1.84. The standard InChI is InChI=1S/C9H17N3O/c1-4-9(13)7(2)5-8-6-12(3)11-10-8/h6-7,9,13H,4-5H2,1-3H3. The molecular formula is C9H17N3O. The lowest BCUT2D eigenvalue weighted by atomic mass is 9.98. The van der Waals surface area contributed by atoms with Gasteiger partial charge in [0.15, 0.2) is 0 Å². The molecular weight excluding hydrogens is 166 g/mol. The van der Waals surface area contributed by atoms with E-state index in [1.54, 1.807) is 4.68 Å². The fraction of sp³-hybridized carbons (Fsp3) is 0.778. The summed E-state index contributed by atoms with van der Waals surface area (Å²) >= 11 is 0. The van der Waals surface area contributed by atoms with E-state index in [0.29, 0.717) is 0 Å². The quantitative estimate of drug-likeness (QED) is 0.750. The molecule has 0 fully saturated rings. The van der Waals surface area contributed by atoms with Crippen LogP contribution in [0, 0.1) is 5.92 Å². The zero-order valence-corrected chi connectivity index (χ0v) is 8.44. The van der Waals surface area contributed by atoms with Crippen molar-refractivity contribution in [1.82, 2.24) is 15.0 Å². The fourth-order valence-corrected chi connectivity index (χ4v) is 1.36. The average Bonchev–Trinajstić information content (AvgIpc) is 2.49. The molecule has 2 atom stereocenters. The molecule has 0 bridgehead atoms. The zero-order valence-electron chi connectivity index (χ0n) is 8.44. The van der Waals surface area contributed by atoms with Crippen LogP contribution in [0.4, 0.5) is 0 Å². The summed E-state index contributed by atoms with van der Waals surface area (Å²) in [6.07, 6.45) is 3.24. The molecule has 0 aromatic carbocycles. The van der Waals surface area contributed by atoms with Crippen LogP contribution in [0.3, 0.4) is 0 Å². The maximum atomic E-state index is 9.54. The van der Waals surface area contributed by atoms with E-state index in [-0.39, 0.29) is 12.0 Å². The molecule has 0 saturated carbocycles. The summed E-state index contributed by atoms with van der Waals surface area (Å²) in [6, 6.07) is 0. The molecule has 1 N–H and O–H groups in total. The molecule has 0 saturated heterocycles. The second-order valence-electron chi connectivity index (χ2n) is 3.54. The number of hydrogen-bond donors (Lipinski definition) is 1. The van der Waals surface area contributed by atoms with Gasteiger partial charge < -0.3 is 5.11 Å². The highest BCUT2D eigenvalue weighted by molar-refractivity contribution is 4.94. The van der Waals surface area contributed by atoms with Crippen molar-refractivity contribution < 1.29 is 5.11 Å². The van der Waals surface area contributed by atoms with Crippen LogP contribution in [0.2, 0.25) is 0 Å². The van der Waals surface area contributed by atoms with E-state index in [4.69, 9.17) is 0 Å². The molecule has 0 aliphatic carbocycles. The molecule has 0 amide bonds. The first-order chi connectivity index (χ1) is 6.13. The molecule has 0 aliphatic rings. The second-order valence-corrected chi connectivity index (χ2v) is 3.54. The SMILES string of the molecule is CCC(O)C(C)Cc1cn(C)nn1. The van der Waals surface area contributed by atoms with Crippen molar-refractivity contribution in [3.63, 3.8) is 0 Å². The van der Waals surface area contributed by atoms with Gasteiger partial charge in [-0.1, -0.05) is 19.1 Å². The van der Waals surface area contributed by atoms with Gasteiger partial charge in [-0.05, 0) is 18.8 Å². The molecule has 0 aliphatic heterocycles. The maximum Gasteiger partial charge on any atom is 0.0830 e. The minimum Gasteiger partial charge on any atom is -0.393 e. The van der Waals surface area contributed by atoms with Gasteiger partial charge >= 0.3 is 0 Å². The van der Waals surface area contributed by atoms with Gasteiger partial charge in [-0.3, -0.25) is 4.68 Å². The summed E-state index contributed by atoms with van der Waals surface area (Å²) in [5, 5.41) is 17.4. The van der Waals surface area contributed by atoms with E-state index in [1.165, 1.54) is 0 Å². The van der Waals surface area contributed by atoms with E-state index in [2.05, 4.69) is 10.3 Å². The molecule has 1 aromatic rings. The third-order valence-electron chi connectivity index (χ3n) is 2.26. The van der Waals surface area contributed by atoms with Gasteiger partial charge in [-0.25, -0.2) is 0 Å². The molecule has 13 heavy (non-hydrogen) atoms. The second kappa shape index (κ2) is 4.37. The third kappa shape index (κ3) is 2.81. The largest absolute Gasteiger partial charge is 0.393 e. The van der Waals surface area contributed by atoms with E-state index >= 15 is 0 Å². The number of aromatic nitrogens is 3. The summed E-state index contributed by atoms with van der Waals surface area (Å²) in [4.78, 5) is 0. The Morgan fingerprint density at radius 3 is 2.77 bits per heavy atom. The highest BCUT2D eigenvalue weighted by atomic mass is 16.3. The first-order valence-electron chi connectivity index (χ1n) is 4.66. The first kappa shape index (κ1) is 10.2. The minimum absolute atomic E-state index is 0.234. The minimum atomic E-state index is -0.234. The molecule has 4 heteroatoms. The first-order valence-corrected chi connectivity index (χ1v) is 4.66. The Morgan fingerprint density at radius 2 is 2.31 bits per heavy atom. The summed E-state index contributed by atoms with van der Waals surface area (Å²) in [5.74, 6) is 0.252. The van der Waals surface area contributed by atoms with E-state index in [0.717, 1.165) is 18.5 Å². The lowest BCUT2D eigenvalue weighted by Gasteiger charge is -2.15. The van der Waals surface area contributed by atoms with Crippen LogP contribution in [0.15, 0.2) is 6.20 Å². The summed E-state index contributed by atoms with van der Waals surface area (Å²) in [5.41, 5.74) is 0.947. The monoisotopic (exact) mass is 183 g/mol. The normalized spacial score (nSPS) is 15.7. The van der Waals surface area contributed by atoms with Crippen molar-refractivity contribution in [2.75, 3.05) is 0 Å². The highest BCUT2D eigenvalue weighted by Gasteiger charge is 2.13. The van der Waals surface area contributed by atoms with Crippen LogP contribution in [-0.2, 0) is 13.5 Å². The Kier molecular flexibility index (Phi) is 3.42. The van der Waals surface area contributed by atoms with Crippen LogP contribution < -0.4 is 0 Å². The maximum absolute atomic E-state index is 9.54. The molecule has 4 nitrogen and oxygen atoms in total. The fourth-order valence-electron chi connectivity index (χ4n) is 1.36. The number of hydrogen-bond acceptors (Lipinski definition) is 3. The van der Waals surface area contributed by atoms with Gasteiger partial charge in [-0.15, -0.1) is 5.10 Å². The number of aliphatic hydroxyl groups is 1. The lowest BCUT2D eigenvalue weighted by molar-refractivity contribution is 0.112. The van der Waals surface area contributed by atoms with Crippen molar-refractivity contribution in [2.45, 2.75) is 32.8 Å². The summed E-state index contributed by atoms with van der Waals surface area (Å²) in [6.45, 7) is 4.01. The van der Waals surface area contributed by atoms with Crippen molar-refractivity contribution in [2.24, 2.45) is 13.0 Å². The van der Waals surface area contributed by atoms with Crippen LogP contribution in [0.5, 0.6) is 0 Å². The lowest BCUT2D eigenvalue weighted by Crippen LogP contribution is -2.18. The van der Waals surface area contributed by atoms with Crippen LogP contribution in [0.25, 0.3) is 0 Å². The molecule has 2 unspecified atom stereocenters. The van der Waals surface area contributed by atoms with Gasteiger partial charge in [-0.2, -0.15) is 0 Å². The number of nitrogens with zero attached hydrogens (tertiary/aromatic N) is 3. The molecule has 74 valence electrons. The average molecular weight is 183 g/mol. The van der Waals surface area contributed by atoms with Crippen molar-refractivity contribution in [3.05, 3.63) is 11.9 Å². The van der Waals surface area contributed by atoms with E-state index < -0.39 is 0 Å². The Bertz CT molecular complexity index is 259. The highest BCUT2D eigenvalue weighted by Crippen LogP contribution is 2.11. The van der Waals surface area contributed by atoms with Gasteiger partial charge in [0, 0.05) is 13.2 Å². The van der Waals surface area contributed by atoms with E-state index in [9.17, 15) is 5.11 Å². The molecule has 1 aromatic heterocycles. The van der Waals surface area contributed by atoms with Crippen LogP contribution in [0.1, 0.15) is 26.0 Å². The molecule has 1 rings (SSSR count). The van der Waals surface area contributed by atoms with Crippen molar-refractivity contribution in [1.29, 1.82) is 0 Å². The summed E-state index contributed by atoms with van der Waals surface area (Å²) < 4.78 is 1.68. The third-order valence-corrected chi connectivity index (χ3v) is 2.26. The Morgan fingerprint density at radius 1 is 1.62 bits per heavy atom. The Hall–Kier alpha value is -0.900. The van der Waals surface area contributed by atoms with Crippen molar-refractivity contribution >= 4 is 0 Å². The van der Waals surface area contributed by atoms with Gasteiger partial charge in [0.2, 0.25) is 0 Å². The zero-order chi connectivity index (χ0) is 9.84. The Balaban J connectivity index is 2.49. The predicted octanol–water partition coefficient (Wildman–Crippen LogP) is 0.765. The van der Waals surface area contributed by atoms with Gasteiger partial charge in [0.25, 0.3) is 0 Å². The van der Waals surface area contributed by atoms with Gasteiger partial charge in [0.05, 0.1) is 11.8 Å². The topological polar surface area (TPSA) is 50.9 Å². The molecule has 0 radical (unpaired) electrons. The van der Waals surface area contributed by atoms with Gasteiger partial charge in [0.1, 0.15) is 0 Å². The van der Waals surface area contributed by atoms with Crippen LogP contribution in [-0.4, -0.2) is 26.2 Å². The molecule has 0 spiro atoms. The number of aliphatic hydroxyl groups excluding tert-OH is 1. The van der Waals surface area contributed by atoms with E-state index in [1.807, 2.05) is 27.1 Å². The number of aryl methyl sites for hydroxylation is 1. The Labute approximate surface area is 78.6 Å². The van der Waals surface area contributed by atoms with Crippen LogP contribution >= 0.6 is 0 Å². The smallest absolute Gasteiger partial charge is 0.0830 e. The number of rotatable bonds is 4. The predicted molar refractivity (Wildman–Crippen MR) is 50.2 cm³/mol.